The molecule has 0 amide bonds. The van der Waals surface area contributed by atoms with Gasteiger partial charge in [-0.15, -0.1) is 0 Å². The third kappa shape index (κ3) is 246. The monoisotopic (exact) mass is 124 g/mol. The van der Waals surface area contributed by atoms with Crippen LogP contribution in [0.1, 0.15) is 0 Å². The molecular formula is C3H11ClNSi. The van der Waals surface area contributed by atoms with Gasteiger partial charge in [0.15, 0.2) is 0 Å². The summed E-state index contributed by atoms with van der Waals surface area (Å²) in [6.45, 7) is 0. The molecule has 0 aromatic heterocycles. The molecule has 0 bridgehead atoms. The molecule has 0 aromatic rings. The van der Waals surface area contributed by atoms with Crippen molar-refractivity contribution in [2.75, 3.05) is 21.1 Å². The smallest absolute Gasteiger partial charge is 0.128 e. The highest BCUT2D eigenvalue weighted by molar-refractivity contribution is 6.80. The van der Waals surface area contributed by atoms with E-state index in [0.717, 1.165) is 0 Å². The fraction of sp³-hybridized carbons (Fsp3) is 1.00. The molecule has 0 heterocycles. The van der Waals surface area contributed by atoms with E-state index >= 15 is 0 Å². The molecule has 0 aliphatic carbocycles. The number of nitrogens with zero attached hydrogens (tertiary/aromatic N) is 1. The van der Waals surface area contributed by atoms with Crippen LogP contribution >= 0.6 is 11.1 Å². The van der Waals surface area contributed by atoms with Crippen LogP contribution in [0.25, 0.3) is 0 Å². The second-order valence-electron chi connectivity index (χ2n) is 1.34. The van der Waals surface area contributed by atoms with Crippen LogP contribution in [-0.2, 0) is 0 Å². The molecule has 0 saturated heterocycles. The standard InChI is InChI=1S/C3H9N.ClH2Si/c1-4(2)3;1-2/h1-3H3;2H2. The minimum Gasteiger partial charge on any atom is -0.312 e. The van der Waals surface area contributed by atoms with Crippen LogP contribution < -0.4 is 0 Å². The van der Waals surface area contributed by atoms with E-state index in [9.17, 15) is 0 Å². The molecule has 39 valence electrons. The van der Waals surface area contributed by atoms with Crippen molar-refractivity contribution in [2.24, 2.45) is 0 Å². The Hall–Kier alpha value is 0.467. The van der Waals surface area contributed by atoms with Gasteiger partial charge in [-0.1, -0.05) is 0 Å². The lowest BCUT2D eigenvalue weighted by Crippen LogP contribution is -1.99. The molecule has 1 radical (unpaired) electrons. The second-order valence-corrected chi connectivity index (χ2v) is 1.34. The van der Waals surface area contributed by atoms with Gasteiger partial charge in [-0.3, -0.25) is 0 Å². The van der Waals surface area contributed by atoms with Crippen molar-refractivity contribution >= 4 is 20.6 Å². The average Bonchev–Trinajstić information content (AvgIpc) is 1.41. The lowest BCUT2D eigenvalue weighted by molar-refractivity contribution is 0.505. The summed E-state index contributed by atoms with van der Waals surface area (Å²) in [6, 6.07) is 0. The van der Waals surface area contributed by atoms with E-state index in [1.54, 1.807) is 0 Å². The van der Waals surface area contributed by atoms with E-state index in [1.165, 1.54) is 9.55 Å². The first kappa shape index (κ1) is 9.69. The first-order valence-corrected chi connectivity index (χ1v) is 3.75. The van der Waals surface area contributed by atoms with Crippen molar-refractivity contribution in [1.29, 1.82) is 0 Å². The molecule has 0 aliphatic heterocycles. The Balaban J connectivity index is 0. The van der Waals surface area contributed by atoms with Crippen LogP contribution in [-0.4, -0.2) is 35.6 Å². The predicted octanol–water partition coefficient (Wildman–Crippen LogP) is -0.0489. The highest BCUT2D eigenvalue weighted by atomic mass is 35.6. The SMILES string of the molecule is CN(C)C.[SiH2]Cl. The Kier molecular flexibility index (Phi) is 14.7. The summed E-state index contributed by atoms with van der Waals surface area (Å²) in [5, 5.41) is 0. The molecule has 0 rings (SSSR count). The zero-order valence-corrected chi connectivity index (χ0v) is 6.70. The Labute approximate surface area is 47.4 Å². The van der Waals surface area contributed by atoms with Gasteiger partial charge in [-0.05, 0) is 21.1 Å². The summed E-state index contributed by atoms with van der Waals surface area (Å²) in [6.07, 6.45) is 0. The summed E-state index contributed by atoms with van der Waals surface area (Å²) < 4.78 is 0. The molecule has 3 heteroatoms. The molecule has 1 nitrogen and oxygen atoms in total. The molecule has 0 unspecified atom stereocenters. The molecule has 0 atom stereocenters. The number of hydrogen-bond acceptors (Lipinski definition) is 1. The van der Waals surface area contributed by atoms with Crippen molar-refractivity contribution in [3.63, 3.8) is 0 Å². The van der Waals surface area contributed by atoms with Gasteiger partial charge >= 0.3 is 0 Å². The lowest BCUT2D eigenvalue weighted by Gasteiger charge is -1.90. The predicted molar refractivity (Wildman–Crippen MR) is 34.0 cm³/mol. The fourth-order valence-corrected chi connectivity index (χ4v) is 0. The normalized spacial score (nSPS) is 7.00. The molecular weight excluding hydrogens is 114 g/mol. The van der Waals surface area contributed by atoms with Crippen LogP contribution in [0.15, 0.2) is 0 Å². The molecule has 0 aliphatic rings. The van der Waals surface area contributed by atoms with E-state index in [2.05, 4.69) is 11.1 Å². The Bertz CT molecular complexity index is 15.5. The molecule has 0 spiro atoms. The van der Waals surface area contributed by atoms with Gasteiger partial charge in [-0.2, -0.15) is 11.1 Å². The van der Waals surface area contributed by atoms with Gasteiger partial charge in [0.1, 0.15) is 9.55 Å². The topological polar surface area (TPSA) is 3.24 Å². The average molecular weight is 125 g/mol. The van der Waals surface area contributed by atoms with Gasteiger partial charge in [0, 0.05) is 0 Å². The van der Waals surface area contributed by atoms with Crippen molar-refractivity contribution in [1.82, 2.24) is 4.90 Å². The van der Waals surface area contributed by atoms with Crippen LogP contribution in [0.5, 0.6) is 0 Å². The van der Waals surface area contributed by atoms with E-state index < -0.39 is 0 Å². The zero-order valence-electron chi connectivity index (χ0n) is 4.53. The van der Waals surface area contributed by atoms with Gasteiger partial charge in [0.05, 0.1) is 0 Å². The van der Waals surface area contributed by atoms with E-state index in [1.807, 2.05) is 26.0 Å². The lowest BCUT2D eigenvalue weighted by atomic mass is 11.0. The summed E-state index contributed by atoms with van der Waals surface area (Å²) in [4.78, 5) is 2.00. The van der Waals surface area contributed by atoms with Crippen molar-refractivity contribution in [2.45, 2.75) is 0 Å². The Morgan fingerprint density at radius 2 is 1.17 bits per heavy atom. The number of rotatable bonds is 0. The van der Waals surface area contributed by atoms with Crippen LogP contribution in [0.4, 0.5) is 0 Å². The number of hydrogen-bond donors (Lipinski definition) is 0. The van der Waals surface area contributed by atoms with Gasteiger partial charge in [0.2, 0.25) is 0 Å². The summed E-state index contributed by atoms with van der Waals surface area (Å²) in [7, 11) is 7.33. The summed E-state index contributed by atoms with van der Waals surface area (Å²) in [5.74, 6) is 0. The van der Waals surface area contributed by atoms with E-state index in [-0.39, 0.29) is 0 Å². The maximum absolute atomic E-state index is 4.67. The Morgan fingerprint density at radius 1 is 1.17 bits per heavy atom. The van der Waals surface area contributed by atoms with Crippen molar-refractivity contribution in [3.8, 4) is 0 Å². The largest absolute Gasteiger partial charge is 0.312 e. The molecule has 0 saturated carbocycles. The third-order valence-corrected chi connectivity index (χ3v) is 0. The van der Waals surface area contributed by atoms with Crippen LogP contribution in [0.3, 0.4) is 0 Å². The molecule has 6 heavy (non-hydrogen) atoms. The highest BCUT2D eigenvalue weighted by Crippen LogP contribution is 1.47. The van der Waals surface area contributed by atoms with E-state index in [4.69, 9.17) is 0 Å². The van der Waals surface area contributed by atoms with Crippen LogP contribution in [0.2, 0.25) is 0 Å². The summed E-state index contributed by atoms with van der Waals surface area (Å²) >= 11 is 4.67. The second kappa shape index (κ2) is 9.08. The highest BCUT2D eigenvalue weighted by Gasteiger charge is 1.58. The first-order chi connectivity index (χ1) is 2.73. The minimum atomic E-state index is 1.33. The van der Waals surface area contributed by atoms with Gasteiger partial charge < -0.3 is 4.90 Å². The van der Waals surface area contributed by atoms with Crippen LogP contribution in [0, 0.1) is 0 Å². The fourth-order valence-electron chi connectivity index (χ4n) is 0. The minimum absolute atomic E-state index is 1.33. The molecule has 0 N–H and O–H groups in total. The van der Waals surface area contributed by atoms with Gasteiger partial charge in [-0.25, -0.2) is 0 Å². The first-order valence-electron chi connectivity index (χ1n) is 1.61. The maximum atomic E-state index is 4.67. The summed E-state index contributed by atoms with van der Waals surface area (Å²) in [5.41, 5.74) is 0. The maximum Gasteiger partial charge on any atom is 0.128 e. The van der Waals surface area contributed by atoms with Gasteiger partial charge in [0.25, 0.3) is 0 Å². The van der Waals surface area contributed by atoms with E-state index in [0.29, 0.717) is 0 Å². The van der Waals surface area contributed by atoms with Crippen molar-refractivity contribution < 1.29 is 0 Å². The Morgan fingerprint density at radius 3 is 1.17 bits per heavy atom. The number of halogens is 1. The molecule has 0 aromatic carbocycles. The quantitative estimate of drug-likeness (QED) is 0.324. The molecule has 0 fully saturated rings. The third-order valence-electron chi connectivity index (χ3n) is 0. The van der Waals surface area contributed by atoms with Crippen molar-refractivity contribution in [3.05, 3.63) is 0 Å². The zero-order chi connectivity index (χ0) is 5.58.